The molecule has 1 amide bonds. The average molecular weight is 251 g/mol. The molecule has 0 aliphatic rings. The lowest BCUT2D eigenvalue weighted by Crippen LogP contribution is -2.14. The Bertz CT molecular complexity index is 489. The fourth-order valence-electron chi connectivity index (χ4n) is 1.48. The molecule has 0 aromatic carbocycles. The molecule has 0 radical (unpaired) electrons. The minimum Gasteiger partial charge on any atom is -0.462 e. The van der Waals surface area contributed by atoms with Gasteiger partial charge in [-0.2, -0.15) is 5.10 Å². The van der Waals surface area contributed by atoms with E-state index in [1.807, 2.05) is 20.9 Å². The molecule has 1 aromatic rings. The van der Waals surface area contributed by atoms with Crippen LogP contribution in [0.3, 0.4) is 0 Å². The smallest absolute Gasteiger partial charge is 0.330 e. The van der Waals surface area contributed by atoms with Crippen LogP contribution in [-0.4, -0.2) is 28.3 Å². The first-order valence-electron chi connectivity index (χ1n) is 5.55. The van der Waals surface area contributed by atoms with Gasteiger partial charge in [-0.25, -0.2) is 4.79 Å². The molecular weight excluding hydrogens is 234 g/mol. The summed E-state index contributed by atoms with van der Waals surface area (Å²) < 4.78 is 6.55. The van der Waals surface area contributed by atoms with E-state index >= 15 is 0 Å². The molecule has 0 spiro atoms. The van der Waals surface area contributed by atoms with E-state index < -0.39 is 11.9 Å². The largest absolute Gasteiger partial charge is 0.462 e. The molecular formula is C12H17N3O3. The van der Waals surface area contributed by atoms with E-state index in [1.54, 1.807) is 10.8 Å². The second-order valence-electron chi connectivity index (χ2n) is 3.93. The zero-order valence-corrected chi connectivity index (χ0v) is 10.8. The highest BCUT2D eigenvalue weighted by molar-refractivity contribution is 5.87. The van der Waals surface area contributed by atoms with Gasteiger partial charge in [-0.3, -0.25) is 9.48 Å². The number of esters is 1. The number of primary amides is 1. The lowest BCUT2D eigenvalue weighted by molar-refractivity contribution is -0.138. The van der Waals surface area contributed by atoms with E-state index in [0.717, 1.165) is 17.0 Å². The molecule has 1 aromatic heterocycles. The van der Waals surface area contributed by atoms with Gasteiger partial charge in [0.05, 0.1) is 12.1 Å². The zero-order chi connectivity index (χ0) is 13.7. The standard InChI is InChI=1S/C12H17N3O3/c1-8-10(9(2)15(3)14-8)4-5-12(17)18-7-6-11(13)16/h4-5H,6-7H2,1-3H3,(H2,13,16)/b5-4+. The van der Waals surface area contributed by atoms with Crippen molar-refractivity contribution in [1.82, 2.24) is 9.78 Å². The Hall–Kier alpha value is -2.11. The normalized spacial score (nSPS) is 10.8. The molecule has 1 heterocycles. The molecule has 98 valence electrons. The molecule has 0 unspecified atom stereocenters. The number of aromatic nitrogens is 2. The Balaban J connectivity index is 2.58. The van der Waals surface area contributed by atoms with Gasteiger partial charge in [0.2, 0.25) is 5.91 Å². The molecule has 0 aliphatic heterocycles. The zero-order valence-electron chi connectivity index (χ0n) is 10.8. The maximum absolute atomic E-state index is 11.3. The highest BCUT2D eigenvalue weighted by Gasteiger charge is 2.06. The number of rotatable bonds is 5. The summed E-state index contributed by atoms with van der Waals surface area (Å²) >= 11 is 0. The van der Waals surface area contributed by atoms with Gasteiger partial charge in [0.15, 0.2) is 0 Å². The number of amides is 1. The van der Waals surface area contributed by atoms with E-state index in [4.69, 9.17) is 10.5 Å². The maximum Gasteiger partial charge on any atom is 0.330 e. The summed E-state index contributed by atoms with van der Waals surface area (Å²) in [5.74, 6) is -0.996. The predicted octanol–water partition coefficient (Wildman–Crippen LogP) is 0.469. The van der Waals surface area contributed by atoms with E-state index in [0.29, 0.717) is 0 Å². The number of carbonyl (C=O) groups is 2. The van der Waals surface area contributed by atoms with Gasteiger partial charge in [-0.1, -0.05) is 0 Å². The molecule has 18 heavy (non-hydrogen) atoms. The number of hydrogen-bond donors (Lipinski definition) is 1. The predicted molar refractivity (Wildman–Crippen MR) is 66.5 cm³/mol. The van der Waals surface area contributed by atoms with Crippen LogP contribution in [-0.2, 0) is 21.4 Å². The maximum atomic E-state index is 11.3. The fraction of sp³-hybridized carbons (Fsp3) is 0.417. The van der Waals surface area contributed by atoms with Crippen LogP contribution >= 0.6 is 0 Å². The van der Waals surface area contributed by atoms with Gasteiger partial charge in [0, 0.05) is 24.4 Å². The number of carbonyl (C=O) groups excluding carboxylic acids is 2. The Morgan fingerprint density at radius 1 is 1.44 bits per heavy atom. The Morgan fingerprint density at radius 2 is 2.11 bits per heavy atom. The topological polar surface area (TPSA) is 87.2 Å². The van der Waals surface area contributed by atoms with Crippen LogP contribution in [0.25, 0.3) is 6.08 Å². The molecule has 6 nitrogen and oxygen atoms in total. The van der Waals surface area contributed by atoms with E-state index in [-0.39, 0.29) is 13.0 Å². The first-order chi connectivity index (χ1) is 8.41. The van der Waals surface area contributed by atoms with Gasteiger partial charge < -0.3 is 10.5 Å². The first-order valence-corrected chi connectivity index (χ1v) is 5.55. The monoisotopic (exact) mass is 251 g/mol. The Morgan fingerprint density at radius 3 is 2.61 bits per heavy atom. The van der Waals surface area contributed by atoms with Crippen molar-refractivity contribution in [3.63, 3.8) is 0 Å². The summed E-state index contributed by atoms with van der Waals surface area (Å²) in [6.45, 7) is 3.78. The number of ether oxygens (including phenoxy) is 1. The Kier molecular flexibility index (Phi) is 4.65. The van der Waals surface area contributed by atoms with Crippen molar-refractivity contribution >= 4 is 18.0 Å². The highest BCUT2D eigenvalue weighted by Crippen LogP contribution is 2.13. The van der Waals surface area contributed by atoms with Crippen molar-refractivity contribution in [2.45, 2.75) is 20.3 Å². The van der Waals surface area contributed by atoms with Crippen molar-refractivity contribution in [3.8, 4) is 0 Å². The summed E-state index contributed by atoms with van der Waals surface area (Å²) in [5, 5.41) is 4.23. The summed E-state index contributed by atoms with van der Waals surface area (Å²) in [5.41, 5.74) is 7.63. The molecule has 2 N–H and O–H groups in total. The third-order valence-corrected chi connectivity index (χ3v) is 2.54. The van der Waals surface area contributed by atoms with Crippen molar-refractivity contribution in [2.24, 2.45) is 12.8 Å². The summed E-state index contributed by atoms with van der Waals surface area (Å²) in [6.07, 6.45) is 3.01. The van der Waals surface area contributed by atoms with Gasteiger partial charge in [-0.05, 0) is 19.9 Å². The SMILES string of the molecule is Cc1nn(C)c(C)c1/C=C/C(=O)OCCC(N)=O. The van der Waals surface area contributed by atoms with Crippen LogP contribution in [0.1, 0.15) is 23.4 Å². The van der Waals surface area contributed by atoms with Crippen molar-refractivity contribution < 1.29 is 14.3 Å². The number of nitrogens with zero attached hydrogens (tertiary/aromatic N) is 2. The third kappa shape index (κ3) is 3.73. The lowest BCUT2D eigenvalue weighted by Gasteiger charge is -1.99. The van der Waals surface area contributed by atoms with Crippen LogP contribution in [0.2, 0.25) is 0 Å². The van der Waals surface area contributed by atoms with Crippen LogP contribution < -0.4 is 5.73 Å². The molecule has 6 heteroatoms. The third-order valence-electron chi connectivity index (χ3n) is 2.54. The fourth-order valence-corrected chi connectivity index (χ4v) is 1.48. The van der Waals surface area contributed by atoms with Gasteiger partial charge >= 0.3 is 5.97 Å². The quantitative estimate of drug-likeness (QED) is 0.608. The molecule has 1 rings (SSSR count). The number of nitrogens with two attached hydrogens (primary N) is 1. The summed E-state index contributed by atoms with van der Waals surface area (Å²) in [4.78, 5) is 21.8. The van der Waals surface area contributed by atoms with Gasteiger partial charge in [0.25, 0.3) is 0 Å². The molecule has 0 saturated heterocycles. The van der Waals surface area contributed by atoms with Crippen LogP contribution in [0.5, 0.6) is 0 Å². The van der Waals surface area contributed by atoms with Crippen molar-refractivity contribution in [2.75, 3.05) is 6.61 Å². The highest BCUT2D eigenvalue weighted by atomic mass is 16.5. The molecule has 0 atom stereocenters. The van der Waals surface area contributed by atoms with Crippen molar-refractivity contribution in [1.29, 1.82) is 0 Å². The second kappa shape index (κ2) is 6.00. The lowest BCUT2D eigenvalue weighted by atomic mass is 10.2. The molecule has 0 aliphatic carbocycles. The van der Waals surface area contributed by atoms with E-state index in [1.165, 1.54) is 6.08 Å². The number of hydrogen-bond acceptors (Lipinski definition) is 4. The Labute approximate surface area is 105 Å². The van der Waals surface area contributed by atoms with Crippen molar-refractivity contribution in [3.05, 3.63) is 23.0 Å². The van der Waals surface area contributed by atoms with Gasteiger partial charge in [-0.15, -0.1) is 0 Å². The van der Waals surface area contributed by atoms with E-state index in [2.05, 4.69) is 5.10 Å². The van der Waals surface area contributed by atoms with Crippen LogP contribution in [0, 0.1) is 13.8 Å². The minimum absolute atomic E-state index is 0.00348. The van der Waals surface area contributed by atoms with Crippen LogP contribution in [0.15, 0.2) is 6.08 Å². The molecule has 0 bridgehead atoms. The van der Waals surface area contributed by atoms with Crippen LogP contribution in [0.4, 0.5) is 0 Å². The first kappa shape index (κ1) is 14.0. The average Bonchev–Trinajstić information content (AvgIpc) is 2.50. The molecule has 0 fully saturated rings. The van der Waals surface area contributed by atoms with Gasteiger partial charge in [0.1, 0.15) is 6.61 Å². The second-order valence-corrected chi connectivity index (χ2v) is 3.93. The molecule has 0 saturated carbocycles. The number of aryl methyl sites for hydroxylation is 2. The van der Waals surface area contributed by atoms with E-state index in [9.17, 15) is 9.59 Å². The minimum atomic E-state index is -0.501. The summed E-state index contributed by atoms with van der Waals surface area (Å²) in [6, 6.07) is 0. The summed E-state index contributed by atoms with van der Waals surface area (Å²) in [7, 11) is 1.84.